The van der Waals surface area contributed by atoms with Crippen LogP contribution in [0.4, 0.5) is 9.18 Å². The second-order valence-electron chi connectivity index (χ2n) is 5.89. The maximum atomic E-state index is 13.0. The summed E-state index contributed by atoms with van der Waals surface area (Å²) in [6, 6.07) is 5.91. The van der Waals surface area contributed by atoms with Gasteiger partial charge in [0.15, 0.2) is 0 Å². The number of ether oxygens (including phenoxy) is 1. The summed E-state index contributed by atoms with van der Waals surface area (Å²) in [5, 5.41) is 11.6. The van der Waals surface area contributed by atoms with Gasteiger partial charge in [0.05, 0.1) is 25.9 Å². The number of aliphatic hydroxyl groups is 1. The van der Waals surface area contributed by atoms with Crippen molar-refractivity contribution < 1.29 is 19.0 Å². The van der Waals surface area contributed by atoms with Crippen LogP contribution < -0.4 is 5.32 Å². The van der Waals surface area contributed by atoms with Crippen LogP contribution >= 0.6 is 0 Å². The van der Waals surface area contributed by atoms with Gasteiger partial charge in [0.25, 0.3) is 0 Å². The molecule has 0 bridgehead atoms. The van der Waals surface area contributed by atoms with E-state index in [2.05, 4.69) is 10.2 Å². The van der Waals surface area contributed by atoms with E-state index >= 15 is 0 Å². The lowest BCUT2D eigenvalue weighted by atomic mass is 10.1. The number of nitrogens with one attached hydrogen (secondary N) is 1. The molecule has 1 atom stereocenters. The van der Waals surface area contributed by atoms with E-state index < -0.39 is 0 Å². The van der Waals surface area contributed by atoms with Crippen LogP contribution in [0, 0.1) is 5.82 Å². The number of carbonyl (C=O) groups is 1. The van der Waals surface area contributed by atoms with Gasteiger partial charge in [0, 0.05) is 32.7 Å². The molecule has 0 unspecified atom stereocenters. The zero-order valence-electron chi connectivity index (χ0n) is 14.1. The summed E-state index contributed by atoms with van der Waals surface area (Å²) in [5.74, 6) is -0.281. The van der Waals surface area contributed by atoms with Gasteiger partial charge in [-0.25, -0.2) is 9.18 Å². The maximum absolute atomic E-state index is 13.0. The van der Waals surface area contributed by atoms with Gasteiger partial charge in [-0.05, 0) is 24.6 Å². The largest absolute Gasteiger partial charge is 0.394 e. The Morgan fingerprint density at radius 3 is 2.54 bits per heavy atom. The predicted molar refractivity (Wildman–Crippen MR) is 89.3 cm³/mol. The number of urea groups is 1. The first kappa shape index (κ1) is 18.6. The standard InChI is InChI=1S/C17H26FN3O3/c1-14(15-2-4-16(18)5-3-15)19-17(23)21-8-6-20(7-9-21)10-12-24-13-11-22/h2-5,14,22H,6-13H2,1H3,(H,19,23)/t14-/m1/s1. The Kier molecular flexibility index (Phi) is 7.42. The SMILES string of the molecule is C[C@@H](NC(=O)N1CCN(CCOCCO)CC1)c1ccc(F)cc1. The lowest BCUT2D eigenvalue weighted by Gasteiger charge is -2.35. The molecule has 134 valence electrons. The van der Waals surface area contributed by atoms with Gasteiger partial charge in [0.2, 0.25) is 0 Å². The average molecular weight is 339 g/mol. The van der Waals surface area contributed by atoms with E-state index in [1.54, 1.807) is 17.0 Å². The van der Waals surface area contributed by atoms with E-state index in [4.69, 9.17) is 9.84 Å². The van der Waals surface area contributed by atoms with E-state index in [0.717, 1.165) is 25.2 Å². The fourth-order valence-electron chi connectivity index (χ4n) is 2.65. The van der Waals surface area contributed by atoms with Gasteiger partial charge in [-0.3, -0.25) is 4.90 Å². The van der Waals surface area contributed by atoms with Crippen LogP contribution in [0.5, 0.6) is 0 Å². The van der Waals surface area contributed by atoms with Crippen LogP contribution in [-0.2, 0) is 4.74 Å². The summed E-state index contributed by atoms with van der Waals surface area (Å²) in [6.07, 6.45) is 0. The number of aliphatic hydroxyl groups excluding tert-OH is 1. The van der Waals surface area contributed by atoms with Crippen molar-refractivity contribution in [1.82, 2.24) is 15.1 Å². The van der Waals surface area contributed by atoms with Crippen LogP contribution in [0.3, 0.4) is 0 Å². The first-order valence-electron chi connectivity index (χ1n) is 8.32. The summed E-state index contributed by atoms with van der Waals surface area (Å²) in [6.45, 7) is 6.64. The molecule has 1 aliphatic heterocycles. The Morgan fingerprint density at radius 2 is 1.92 bits per heavy atom. The van der Waals surface area contributed by atoms with Gasteiger partial charge in [-0.15, -0.1) is 0 Å². The molecule has 2 amide bonds. The molecule has 6 nitrogen and oxygen atoms in total. The zero-order chi connectivity index (χ0) is 17.4. The highest BCUT2D eigenvalue weighted by Crippen LogP contribution is 2.13. The lowest BCUT2D eigenvalue weighted by Crippen LogP contribution is -2.52. The Bertz CT molecular complexity index is 504. The molecule has 1 aliphatic rings. The minimum Gasteiger partial charge on any atom is -0.394 e. The summed E-state index contributed by atoms with van der Waals surface area (Å²) < 4.78 is 18.2. The van der Waals surface area contributed by atoms with E-state index in [1.165, 1.54) is 12.1 Å². The highest BCUT2D eigenvalue weighted by molar-refractivity contribution is 5.74. The Morgan fingerprint density at radius 1 is 1.25 bits per heavy atom. The molecule has 0 aromatic heterocycles. The van der Waals surface area contributed by atoms with Gasteiger partial charge in [-0.1, -0.05) is 12.1 Å². The Labute approximate surface area is 142 Å². The van der Waals surface area contributed by atoms with Crippen LogP contribution in [-0.4, -0.2) is 73.5 Å². The molecule has 1 aromatic carbocycles. The molecular weight excluding hydrogens is 313 g/mol. The Hall–Kier alpha value is -1.70. The molecule has 2 N–H and O–H groups in total. The molecule has 0 radical (unpaired) electrons. The van der Waals surface area contributed by atoms with E-state index in [9.17, 15) is 9.18 Å². The molecule has 0 spiro atoms. The molecule has 1 heterocycles. The molecular formula is C17H26FN3O3. The fourth-order valence-corrected chi connectivity index (χ4v) is 2.65. The van der Waals surface area contributed by atoms with Crippen molar-refractivity contribution in [2.45, 2.75) is 13.0 Å². The maximum Gasteiger partial charge on any atom is 0.317 e. The van der Waals surface area contributed by atoms with Crippen molar-refractivity contribution >= 4 is 6.03 Å². The number of hydrogen-bond acceptors (Lipinski definition) is 4. The number of benzene rings is 1. The normalized spacial score (nSPS) is 16.9. The summed E-state index contributed by atoms with van der Waals surface area (Å²) in [4.78, 5) is 16.4. The monoisotopic (exact) mass is 339 g/mol. The van der Waals surface area contributed by atoms with Gasteiger partial charge in [0.1, 0.15) is 5.82 Å². The predicted octanol–water partition coefficient (Wildman–Crippen LogP) is 1.22. The van der Waals surface area contributed by atoms with Crippen molar-refractivity contribution in [3.63, 3.8) is 0 Å². The van der Waals surface area contributed by atoms with E-state index in [1.807, 2.05) is 6.92 Å². The molecule has 1 saturated heterocycles. The number of hydrogen-bond donors (Lipinski definition) is 2. The van der Waals surface area contributed by atoms with Crippen molar-refractivity contribution in [2.75, 3.05) is 52.5 Å². The molecule has 1 fully saturated rings. The van der Waals surface area contributed by atoms with Crippen LogP contribution in [0.2, 0.25) is 0 Å². The van der Waals surface area contributed by atoms with Crippen molar-refractivity contribution in [1.29, 1.82) is 0 Å². The summed E-state index contributed by atoms with van der Waals surface area (Å²) in [5.41, 5.74) is 0.879. The third kappa shape index (κ3) is 5.74. The first-order chi connectivity index (χ1) is 11.6. The fraction of sp³-hybridized carbons (Fsp3) is 0.588. The Balaban J connectivity index is 1.71. The third-order valence-electron chi connectivity index (χ3n) is 4.16. The number of rotatable bonds is 7. The molecule has 0 aliphatic carbocycles. The smallest absolute Gasteiger partial charge is 0.317 e. The van der Waals surface area contributed by atoms with Crippen molar-refractivity contribution in [3.8, 4) is 0 Å². The van der Waals surface area contributed by atoms with Crippen molar-refractivity contribution in [3.05, 3.63) is 35.6 Å². The number of halogens is 1. The van der Waals surface area contributed by atoms with E-state index in [0.29, 0.717) is 26.3 Å². The highest BCUT2D eigenvalue weighted by Gasteiger charge is 2.22. The lowest BCUT2D eigenvalue weighted by molar-refractivity contribution is 0.0617. The number of carbonyl (C=O) groups excluding carboxylic acids is 1. The summed E-state index contributed by atoms with van der Waals surface area (Å²) in [7, 11) is 0. The zero-order valence-corrected chi connectivity index (χ0v) is 14.1. The van der Waals surface area contributed by atoms with Crippen LogP contribution in [0.25, 0.3) is 0 Å². The number of nitrogens with zero attached hydrogens (tertiary/aromatic N) is 2. The third-order valence-corrected chi connectivity index (χ3v) is 4.16. The second-order valence-corrected chi connectivity index (χ2v) is 5.89. The van der Waals surface area contributed by atoms with E-state index in [-0.39, 0.29) is 24.5 Å². The van der Waals surface area contributed by atoms with Gasteiger partial charge >= 0.3 is 6.03 Å². The average Bonchev–Trinajstić information content (AvgIpc) is 2.59. The summed E-state index contributed by atoms with van der Waals surface area (Å²) >= 11 is 0. The first-order valence-corrected chi connectivity index (χ1v) is 8.32. The highest BCUT2D eigenvalue weighted by atomic mass is 19.1. The number of amides is 2. The van der Waals surface area contributed by atoms with Gasteiger partial charge in [-0.2, -0.15) is 0 Å². The second kappa shape index (κ2) is 9.56. The van der Waals surface area contributed by atoms with Gasteiger partial charge < -0.3 is 20.1 Å². The molecule has 24 heavy (non-hydrogen) atoms. The van der Waals surface area contributed by atoms with Crippen LogP contribution in [0.15, 0.2) is 24.3 Å². The molecule has 2 rings (SSSR count). The molecule has 7 heteroatoms. The minimum atomic E-state index is -0.281. The van der Waals surface area contributed by atoms with Crippen molar-refractivity contribution in [2.24, 2.45) is 0 Å². The van der Waals surface area contributed by atoms with Crippen LogP contribution in [0.1, 0.15) is 18.5 Å². The minimum absolute atomic E-state index is 0.0419. The number of piperazine rings is 1. The topological polar surface area (TPSA) is 65.0 Å². The molecule has 1 aromatic rings. The molecule has 0 saturated carbocycles. The quantitative estimate of drug-likeness (QED) is 0.733.